The van der Waals surface area contributed by atoms with Gasteiger partial charge in [0.2, 0.25) is 5.89 Å². The molecule has 0 radical (unpaired) electrons. The lowest BCUT2D eigenvalue weighted by atomic mass is 9.98. The number of benzene rings is 2. The summed E-state index contributed by atoms with van der Waals surface area (Å²) in [7, 11) is 1.59. The van der Waals surface area contributed by atoms with Crippen LogP contribution < -0.4 is 9.47 Å². The molecule has 10 heteroatoms. The lowest BCUT2D eigenvalue weighted by Gasteiger charge is -2.37. The number of nitrogens with zero attached hydrogens (tertiary/aromatic N) is 3. The van der Waals surface area contributed by atoms with E-state index in [0.29, 0.717) is 31.2 Å². The van der Waals surface area contributed by atoms with Gasteiger partial charge < -0.3 is 18.9 Å². The Morgan fingerprint density at radius 2 is 1.87 bits per heavy atom. The van der Waals surface area contributed by atoms with Gasteiger partial charge in [0, 0.05) is 30.6 Å². The molecule has 1 aromatic heterocycles. The molecule has 2 heterocycles. The number of ether oxygens (including phenoxy) is 2. The summed E-state index contributed by atoms with van der Waals surface area (Å²) in [6.07, 6.45) is -4.32. The second-order valence-corrected chi connectivity index (χ2v) is 7.02. The van der Waals surface area contributed by atoms with Gasteiger partial charge in [-0.3, -0.25) is 4.79 Å². The van der Waals surface area contributed by atoms with Crippen molar-refractivity contribution in [2.24, 2.45) is 0 Å². The van der Waals surface area contributed by atoms with Crippen LogP contribution in [0.2, 0.25) is 0 Å². The topological polar surface area (TPSA) is 77.7 Å². The lowest BCUT2D eigenvalue weighted by Crippen LogP contribution is -2.48. The zero-order valence-electron chi connectivity index (χ0n) is 16.4. The third-order valence-electron chi connectivity index (χ3n) is 4.88. The van der Waals surface area contributed by atoms with Crippen molar-refractivity contribution in [3.63, 3.8) is 0 Å². The van der Waals surface area contributed by atoms with Crippen molar-refractivity contribution < 1.29 is 32.0 Å². The van der Waals surface area contributed by atoms with Crippen molar-refractivity contribution in [2.45, 2.75) is 18.7 Å². The Balaban J connectivity index is 1.33. The average molecular weight is 433 g/mol. The van der Waals surface area contributed by atoms with E-state index in [9.17, 15) is 18.0 Å². The van der Waals surface area contributed by atoms with Gasteiger partial charge in [0.25, 0.3) is 5.91 Å². The van der Waals surface area contributed by atoms with Crippen LogP contribution in [0.25, 0.3) is 0 Å². The van der Waals surface area contributed by atoms with Crippen LogP contribution in [-0.2, 0) is 6.42 Å². The van der Waals surface area contributed by atoms with E-state index in [1.165, 1.54) is 12.1 Å². The number of amides is 1. The Morgan fingerprint density at radius 3 is 2.55 bits per heavy atom. The standard InChI is InChI=1S/C21H18F3N3O4/c1-29-17-5-3-2-4-14(17)10-18-25-19(31-26-18)15-11-27(12-15)20(28)13-6-8-16(9-7-13)30-21(22,23)24/h2-9,15H,10-12H2,1H3. The zero-order chi connectivity index (χ0) is 22.0. The molecule has 1 saturated heterocycles. The first-order valence-corrected chi connectivity index (χ1v) is 9.42. The Morgan fingerprint density at radius 1 is 1.16 bits per heavy atom. The minimum absolute atomic E-state index is 0.0873. The third kappa shape index (κ3) is 4.79. The number of hydrogen-bond donors (Lipinski definition) is 0. The predicted octanol–water partition coefficient (Wildman–Crippen LogP) is 3.81. The van der Waals surface area contributed by atoms with E-state index in [1.807, 2.05) is 24.3 Å². The SMILES string of the molecule is COc1ccccc1Cc1noc(C2CN(C(=O)c3ccc(OC(F)(F)F)cc3)C2)n1. The van der Waals surface area contributed by atoms with Crippen LogP contribution in [0.15, 0.2) is 53.1 Å². The van der Waals surface area contributed by atoms with E-state index < -0.39 is 6.36 Å². The van der Waals surface area contributed by atoms with Gasteiger partial charge in [0.15, 0.2) is 5.82 Å². The molecule has 1 aliphatic rings. The van der Waals surface area contributed by atoms with Crippen molar-refractivity contribution >= 4 is 5.91 Å². The molecule has 4 rings (SSSR count). The first-order chi connectivity index (χ1) is 14.8. The van der Waals surface area contributed by atoms with Gasteiger partial charge in [-0.2, -0.15) is 4.98 Å². The molecule has 162 valence electrons. The van der Waals surface area contributed by atoms with Crippen LogP contribution in [0, 0.1) is 0 Å². The molecule has 1 fully saturated rings. The number of carbonyl (C=O) groups is 1. The first-order valence-electron chi connectivity index (χ1n) is 9.42. The highest BCUT2D eigenvalue weighted by Crippen LogP contribution is 2.29. The van der Waals surface area contributed by atoms with E-state index in [2.05, 4.69) is 14.9 Å². The minimum atomic E-state index is -4.77. The summed E-state index contributed by atoms with van der Waals surface area (Å²) in [6.45, 7) is 0.770. The fraction of sp³-hybridized carbons (Fsp3) is 0.286. The molecule has 1 aliphatic heterocycles. The van der Waals surface area contributed by atoms with Gasteiger partial charge in [-0.15, -0.1) is 13.2 Å². The second-order valence-electron chi connectivity index (χ2n) is 7.02. The van der Waals surface area contributed by atoms with Crippen molar-refractivity contribution in [3.05, 3.63) is 71.4 Å². The van der Waals surface area contributed by atoms with Crippen molar-refractivity contribution in [2.75, 3.05) is 20.2 Å². The number of alkyl halides is 3. The maximum atomic E-state index is 12.5. The monoisotopic (exact) mass is 433 g/mol. The molecule has 31 heavy (non-hydrogen) atoms. The number of aromatic nitrogens is 2. The van der Waals surface area contributed by atoms with Crippen LogP contribution in [-0.4, -0.2) is 47.5 Å². The fourth-order valence-electron chi connectivity index (χ4n) is 3.31. The summed E-state index contributed by atoms with van der Waals surface area (Å²) < 4.78 is 51.2. The molecule has 0 N–H and O–H groups in total. The molecular weight excluding hydrogens is 415 g/mol. The Hall–Kier alpha value is -3.56. The second kappa shape index (κ2) is 8.29. The molecule has 0 aliphatic carbocycles. The van der Waals surface area contributed by atoms with Crippen LogP contribution in [0.1, 0.15) is 33.6 Å². The van der Waals surface area contributed by atoms with E-state index in [1.54, 1.807) is 12.0 Å². The van der Waals surface area contributed by atoms with Crippen LogP contribution >= 0.6 is 0 Å². The summed E-state index contributed by atoms with van der Waals surface area (Å²) >= 11 is 0. The van der Waals surface area contributed by atoms with Gasteiger partial charge >= 0.3 is 6.36 Å². The molecule has 3 aromatic rings. The number of hydrogen-bond acceptors (Lipinski definition) is 6. The average Bonchev–Trinajstić information content (AvgIpc) is 3.14. The van der Waals surface area contributed by atoms with E-state index in [0.717, 1.165) is 23.4 Å². The highest BCUT2D eigenvalue weighted by atomic mass is 19.4. The van der Waals surface area contributed by atoms with E-state index >= 15 is 0 Å². The number of carbonyl (C=O) groups excluding carboxylic acids is 1. The van der Waals surface area contributed by atoms with Gasteiger partial charge in [-0.05, 0) is 30.3 Å². The van der Waals surface area contributed by atoms with Crippen molar-refractivity contribution in [3.8, 4) is 11.5 Å². The maximum Gasteiger partial charge on any atom is 0.573 e. The Labute approximate surface area is 175 Å². The largest absolute Gasteiger partial charge is 0.573 e. The third-order valence-corrected chi connectivity index (χ3v) is 4.88. The normalized spacial score (nSPS) is 14.3. The smallest absolute Gasteiger partial charge is 0.496 e. The molecule has 0 saturated carbocycles. The van der Waals surface area contributed by atoms with Crippen LogP contribution in [0.4, 0.5) is 13.2 Å². The van der Waals surface area contributed by atoms with Crippen LogP contribution in [0.5, 0.6) is 11.5 Å². The van der Waals surface area contributed by atoms with E-state index in [-0.39, 0.29) is 23.1 Å². The van der Waals surface area contributed by atoms with Crippen molar-refractivity contribution in [1.82, 2.24) is 15.0 Å². The summed E-state index contributed by atoms with van der Waals surface area (Å²) in [4.78, 5) is 18.5. The molecular formula is C21H18F3N3O4. The van der Waals surface area contributed by atoms with Gasteiger partial charge in [-0.25, -0.2) is 0 Å². The Bertz CT molecular complexity index is 1060. The van der Waals surface area contributed by atoms with Gasteiger partial charge in [0.1, 0.15) is 11.5 Å². The summed E-state index contributed by atoms with van der Waals surface area (Å²) in [5.41, 5.74) is 1.20. The summed E-state index contributed by atoms with van der Waals surface area (Å²) in [5, 5.41) is 4.01. The van der Waals surface area contributed by atoms with Gasteiger partial charge in [0.05, 0.1) is 13.0 Å². The number of halogens is 3. The van der Waals surface area contributed by atoms with Crippen molar-refractivity contribution in [1.29, 1.82) is 0 Å². The number of methoxy groups -OCH3 is 1. The summed E-state index contributed by atoms with van der Waals surface area (Å²) in [6, 6.07) is 12.4. The predicted molar refractivity (Wildman–Crippen MR) is 102 cm³/mol. The maximum absolute atomic E-state index is 12.5. The molecule has 1 amide bonds. The molecule has 0 unspecified atom stereocenters. The number of para-hydroxylation sites is 1. The molecule has 0 spiro atoms. The van der Waals surface area contributed by atoms with Crippen LogP contribution in [0.3, 0.4) is 0 Å². The highest BCUT2D eigenvalue weighted by Gasteiger charge is 2.36. The first kappa shape index (κ1) is 20.7. The Kier molecular flexibility index (Phi) is 5.53. The number of rotatable bonds is 6. The minimum Gasteiger partial charge on any atom is -0.496 e. The van der Waals surface area contributed by atoms with Gasteiger partial charge in [-0.1, -0.05) is 23.4 Å². The molecule has 2 aromatic carbocycles. The molecule has 0 bridgehead atoms. The van der Waals surface area contributed by atoms with E-state index in [4.69, 9.17) is 9.26 Å². The fourth-order valence-corrected chi connectivity index (χ4v) is 3.31. The quantitative estimate of drug-likeness (QED) is 0.589. The molecule has 0 atom stereocenters. The lowest BCUT2D eigenvalue weighted by molar-refractivity contribution is -0.274. The highest BCUT2D eigenvalue weighted by molar-refractivity contribution is 5.95. The number of likely N-dealkylation sites (tertiary alicyclic amines) is 1. The zero-order valence-corrected chi connectivity index (χ0v) is 16.4. The molecule has 7 nitrogen and oxygen atoms in total. The summed E-state index contributed by atoms with van der Waals surface area (Å²) in [5.74, 6) is 0.951.